The van der Waals surface area contributed by atoms with Crippen LogP contribution in [0.5, 0.6) is 0 Å². The smallest absolute Gasteiger partial charge is 0.149 e. The van der Waals surface area contributed by atoms with E-state index in [1.807, 2.05) is 18.2 Å². The molecule has 0 amide bonds. The number of amidine groups is 1. The maximum atomic E-state index is 5.16. The molecule has 8 rings (SSSR count). The van der Waals surface area contributed by atoms with Crippen molar-refractivity contribution in [1.29, 1.82) is 0 Å². The van der Waals surface area contributed by atoms with Gasteiger partial charge in [0.05, 0.1) is 23.1 Å². The van der Waals surface area contributed by atoms with E-state index in [9.17, 15) is 0 Å². The van der Waals surface area contributed by atoms with Crippen LogP contribution in [0.1, 0.15) is 46.1 Å². The summed E-state index contributed by atoms with van der Waals surface area (Å²) in [5, 5.41) is 9.91. The van der Waals surface area contributed by atoms with Gasteiger partial charge in [-0.3, -0.25) is 9.56 Å². The first kappa shape index (κ1) is 25.3. The molecule has 0 bridgehead atoms. The van der Waals surface area contributed by atoms with E-state index in [0.717, 1.165) is 58.2 Å². The van der Waals surface area contributed by atoms with Gasteiger partial charge in [0, 0.05) is 22.3 Å². The minimum atomic E-state index is -0.0724. The Hall–Kier alpha value is -5.42. The number of aryl methyl sites for hydroxylation is 2. The minimum absolute atomic E-state index is 0.0724. The zero-order valence-electron chi connectivity index (χ0n) is 24.0. The van der Waals surface area contributed by atoms with Gasteiger partial charge < -0.3 is 5.32 Å². The Bertz CT molecular complexity index is 2030. The van der Waals surface area contributed by atoms with Gasteiger partial charge in [0.15, 0.2) is 0 Å². The topological polar surface area (TPSA) is 47.1 Å². The molecule has 1 aliphatic heterocycles. The van der Waals surface area contributed by atoms with Gasteiger partial charge in [-0.25, -0.2) is 4.68 Å². The normalized spacial score (nSPS) is 16.0. The average molecular weight is 558 g/mol. The van der Waals surface area contributed by atoms with Crippen LogP contribution in [0.25, 0.3) is 34.2 Å². The molecule has 208 valence electrons. The molecule has 0 saturated carbocycles. The third-order valence-electron chi connectivity index (χ3n) is 8.41. The van der Waals surface area contributed by atoms with E-state index < -0.39 is 0 Å². The summed E-state index contributed by atoms with van der Waals surface area (Å²) in [6, 6.07) is 40.1. The minimum Gasteiger partial charge on any atom is -0.340 e. The van der Waals surface area contributed by atoms with Crippen LogP contribution in [0.2, 0.25) is 0 Å². The molecule has 2 aliphatic rings. The van der Waals surface area contributed by atoms with E-state index >= 15 is 0 Å². The molecule has 0 saturated heterocycles. The Kier molecular flexibility index (Phi) is 6.15. The summed E-state index contributed by atoms with van der Waals surface area (Å²) in [6.07, 6.45) is 8.83. The zero-order valence-corrected chi connectivity index (χ0v) is 24.0. The summed E-state index contributed by atoms with van der Waals surface area (Å²) in [6.45, 7) is 2.13. The van der Waals surface area contributed by atoms with E-state index in [4.69, 9.17) is 10.1 Å². The molecule has 0 spiro atoms. The second-order valence-electron chi connectivity index (χ2n) is 11.1. The second kappa shape index (κ2) is 10.4. The summed E-state index contributed by atoms with van der Waals surface area (Å²) in [5.41, 5.74) is 11.4. The number of hydrogen-bond acceptors (Lipinski definition) is 3. The van der Waals surface area contributed by atoms with Crippen LogP contribution < -0.4 is 5.32 Å². The molecule has 1 aliphatic carbocycles. The number of aliphatic imine (C=N–C) groups is 1. The van der Waals surface area contributed by atoms with Gasteiger partial charge in [0.2, 0.25) is 0 Å². The van der Waals surface area contributed by atoms with Crippen LogP contribution in [0.15, 0.2) is 132 Å². The molecule has 0 radical (unpaired) electrons. The lowest BCUT2D eigenvalue weighted by atomic mass is 10.0. The molecule has 5 heteroatoms. The number of rotatable bonds is 5. The summed E-state index contributed by atoms with van der Waals surface area (Å²) >= 11 is 0. The summed E-state index contributed by atoms with van der Waals surface area (Å²) in [4.78, 5) is 5.16. The van der Waals surface area contributed by atoms with Crippen molar-refractivity contribution in [2.45, 2.75) is 25.8 Å². The van der Waals surface area contributed by atoms with E-state index in [0.29, 0.717) is 0 Å². The van der Waals surface area contributed by atoms with Crippen LogP contribution in [0, 0.1) is 6.92 Å². The first-order valence-electron chi connectivity index (χ1n) is 14.9. The largest absolute Gasteiger partial charge is 0.340 e. The van der Waals surface area contributed by atoms with Crippen LogP contribution >= 0.6 is 0 Å². The maximum absolute atomic E-state index is 5.16. The quantitative estimate of drug-likeness (QED) is 0.232. The highest BCUT2D eigenvalue weighted by Gasteiger charge is 2.25. The fourth-order valence-electron chi connectivity index (χ4n) is 6.37. The predicted molar refractivity (Wildman–Crippen MR) is 176 cm³/mol. The highest BCUT2D eigenvalue weighted by molar-refractivity contribution is 6.05. The van der Waals surface area contributed by atoms with Crippen LogP contribution in [0.4, 0.5) is 0 Å². The van der Waals surface area contributed by atoms with E-state index in [1.165, 1.54) is 22.2 Å². The van der Waals surface area contributed by atoms with Crippen LogP contribution in [-0.2, 0) is 6.42 Å². The molecule has 3 heterocycles. The number of allylic oxidation sites excluding steroid dienone is 1. The van der Waals surface area contributed by atoms with Gasteiger partial charge in [-0.2, -0.15) is 5.10 Å². The standard InChI is InChI=1S/C38H31N5/c1-26-36-32-19-11-12-20-35(32)42(38(36)43(41-26)31-17-9-4-10-18-31)30-23-21-29(22-24-30)37-39-33(27-13-5-2-6-14-27)25-34(40-37)28-15-7-3-8-16-28/h2-10,12-18,20-25,33H,11,19H2,1H3,(H,39,40). The van der Waals surface area contributed by atoms with Crippen molar-refractivity contribution in [3.05, 3.63) is 161 Å². The monoisotopic (exact) mass is 557 g/mol. The molecule has 1 N–H and O–H groups in total. The number of nitrogens with one attached hydrogen (secondary N) is 1. The SMILES string of the molecule is Cc1nn(-c2ccccc2)c2c1c1c(n2-c2ccc(C3=NC(c4ccccc4)C=C(c4ccccc4)N3)cc2)C=CCC1. The summed E-state index contributed by atoms with van der Waals surface area (Å²) in [7, 11) is 0. The third-order valence-corrected chi connectivity index (χ3v) is 8.41. The lowest BCUT2D eigenvalue weighted by Gasteiger charge is -2.23. The van der Waals surface area contributed by atoms with Crippen LogP contribution in [0.3, 0.4) is 0 Å². The molecule has 0 fully saturated rings. The molecule has 1 unspecified atom stereocenters. The average Bonchev–Trinajstić information content (AvgIpc) is 3.61. The van der Waals surface area contributed by atoms with Gasteiger partial charge >= 0.3 is 0 Å². The second-order valence-corrected chi connectivity index (χ2v) is 11.1. The molecule has 2 aromatic heterocycles. The lowest BCUT2D eigenvalue weighted by molar-refractivity contribution is 0.852. The Labute approximate surface area is 251 Å². The van der Waals surface area contributed by atoms with Gasteiger partial charge in [-0.15, -0.1) is 0 Å². The van der Waals surface area contributed by atoms with Crippen molar-refractivity contribution < 1.29 is 0 Å². The summed E-state index contributed by atoms with van der Waals surface area (Å²) < 4.78 is 4.47. The molecule has 6 aromatic rings. The Morgan fingerprint density at radius 1 is 0.744 bits per heavy atom. The van der Waals surface area contributed by atoms with Crippen molar-refractivity contribution in [3.63, 3.8) is 0 Å². The van der Waals surface area contributed by atoms with E-state index in [2.05, 4.69) is 137 Å². The molecular formula is C38H31N5. The van der Waals surface area contributed by atoms with Crippen molar-refractivity contribution in [1.82, 2.24) is 19.7 Å². The highest BCUT2D eigenvalue weighted by atomic mass is 15.3. The number of benzene rings is 4. The van der Waals surface area contributed by atoms with Crippen molar-refractivity contribution >= 4 is 28.6 Å². The first-order valence-corrected chi connectivity index (χ1v) is 14.9. The lowest BCUT2D eigenvalue weighted by Crippen LogP contribution is -2.27. The molecule has 4 aromatic carbocycles. The highest BCUT2D eigenvalue weighted by Crippen LogP contribution is 2.37. The Balaban J connectivity index is 1.23. The number of aromatic nitrogens is 3. The van der Waals surface area contributed by atoms with Gasteiger partial charge in [0.1, 0.15) is 11.5 Å². The van der Waals surface area contributed by atoms with Gasteiger partial charge in [-0.05, 0) is 85.0 Å². The first-order chi connectivity index (χ1) is 21.2. The van der Waals surface area contributed by atoms with Crippen molar-refractivity contribution in [2.24, 2.45) is 4.99 Å². The third kappa shape index (κ3) is 4.41. The fraction of sp³-hybridized carbons (Fsp3) is 0.105. The summed E-state index contributed by atoms with van der Waals surface area (Å²) in [5.74, 6) is 0.867. The molecule has 1 atom stereocenters. The van der Waals surface area contributed by atoms with Crippen molar-refractivity contribution in [2.75, 3.05) is 0 Å². The van der Waals surface area contributed by atoms with E-state index in [-0.39, 0.29) is 6.04 Å². The maximum Gasteiger partial charge on any atom is 0.149 e. The Morgan fingerprint density at radius 2 is 1.44 bits per heavy atom. The number of para-hydroxylation sites is 1. The molecule has 5 nitrogen and oxygen atoms in total. The zero-order chi connectivity index (χ0) is 28.8. The fourth-order valence-corrected chi connectivity index (χ4v) is 6.37. The van der Waals surface area contributed by atoms with Gasteiger partial charge in [0.25, 0.3) is 0 Å². The molecule has 43 heavy (non-hydrogen) atoms. The van der Waals surface area contributed by atoms with Crippen molar-refractivity contribution in [3.8, 4) is 11.4 Å². The van der Waals surface area contributed by atoms with Crippen LogP contribution in [-0.4, -0.2) is 20.2 Å². The number of nitrogens with zero attached hydrogens (tertiary/aromatic N) is 4. The number of hydrogen-bond donors (Lipinski definition) is 1. The predicted octanol–water partition coefficient (Wildman–Crippen LogP) is 8.22. The van der Waals surface area contributed by atoms with Gasteiger partial charge in [-0.1, -0.05) is 84.9 Å². The molecular weight excluding hydrogens is 526 g/mol. The number of fused-ring (bicyclic) bond motifs is 3. The van der Waals surface area contributed by atoms with E-state index in [1.54, 1.807) is 0 Å². The Morgan fingerprint density at radius 3 is 2.19 bits per heavy atom.